The number of urea groups is 1. The van der Waals surface area contributed by atoms with Crippen molar-refractivity contribution in [2.45, 2.75) is 65.5 Å². The molecule has 0 radical (unpaired) electrons. The number of anilines is 2. The summed E-state index contributed by atoms with van der Waals surface area (Å²) in [6.07, 6.45) is 10.7. The quantitative estimate of drug-likeness (QED) is 0.387. The van der Waals surface area contributed by atoms with Crippen LogP contribution in [-0.2, 0) is 17.7 Å². The number of nitrogens with zero attached hydrogens (tertiary/aromatic N) is 5. The second-order valence-corrected chi connectivity index (χ2v) is 11.8. The van der Waals surface area contributed by atoms with Crippen molar-refractivity contribution >= 4 is 17.7 Å². The number of hydrogen-bond acceptors (Lipinski definition) is 6. The van der Waals surface area contributed by atoms with Gasteiger partial charge in [0.1, 0.15) is 0 Å². The minimum Gasteiger partial charge on any atom is -0.383 e. The number of ether oxygens (including phenoxy) is 1. The van der Waals surface area contributed by atoms with Crippen LogP contribution in [0.4, 0.5) is 16.4 Å². The normalized spacial score (nSPS) is 19.4. The molecule has 2 N–H and O–H groups in total. The molecule has 3 aromatic rings. The molecular formula is C30H41N7O2. The lowest BCUT2D eigenvalue weighted by atomic mass is 9.80. The van der Waals surface area contributed by atoms with E-state index in [2.05, 4.69) is 59.7 Å². The lowest BCUT2D eigenvalue weighted by Gasteiger charge is -2.28. The second kappa shape index (κ2) is 11.7. The number of fused-ring (bicyclic) bond motifs is 1. The molecule has 1 fully saturated rings. The number of nitrogens with one attached hydrogen (secondary N) is 2. The van der Waals surface area contributed by atoms with Crippen LogP contribution in [0.5, 0.6) is 0 Å². The Morgan fingerprint density at radius 3 is 2.85 bits per heavy atom. The number of methoxy groups -OCH3 is 1. The zero-order chi connectivity index (χ0) is 27.4. The Bertz CT molecular complexity index is 1280. The molecule has 9 nitrogen and oxygen atoms in total. The van der Waals surface area contributed by atoms with Gasteiger partial charge in [0.05, 0.1) is 36.8 Å². The van der Waals surface area contributed by atoms with Gasteiger partial charge in [-0.2, -0.15) is 5.10 Å². The Labute approximate surface area is 231 Å². The number of benzene rings is 1. The predicted octanol–water partition coefficient (Wildman–Crippen LogP) is 5.58. The van der Waals surface area contributed by atoms with E-state index < -0.39 is 0 Å². The summed E-state index contributed by atoms with van der Waals surface area (Å²) in [4.78, 5) is 24.4. The van der Waals surface area contributed by atoms with Gasteiger partial charge in [0.2, 0.25) is 5.95 Å². The van der Waals surface area contributed by atoms with Crippen LogP contribution in [0, 0.1) is 11.3 Å². The lowest BCUT2D eigenvalue weighted by Crippen LogP contribution is -2.41. The number of likely N-dealkylation sites (tertiary alicyclic amines) is 1. The first kappa shape index (κ1) is 27.1. The fraction of sp³-hybridized carbons (Fsp3) is 0.533. The Morgan fingerprint density at radius 1 is 1.18 bits per heavy atom. The van der Waals surface area contributed by atoms with Crippen LogP contribution in [0.1, 0.15) is 63.6 Å². The first-order valence-electron chi connectivity index (χ1n) is 14.1. The summed E-state index contributed by atoms with van der Waals surface area (Å²) in [7, 11) is 1.68. The molecule has 208 valence electrons. The van der Waals surface area contributed by atoms with Crippen molar-refractivity contribution in [1.29, 1.82) is 0 Å². The molecule has 2 amide bonds. The van der Waals surface area contributed by atoms with Gasteiger partial charge in [-0.3, -0.25) is 4.68 Å². The molecule has 39 heavy (non-hydrogen) atoms. The summed E-state index contributed by atoms with van der Waals surface area (Å²) in [5, 5.41) is 11.0. The standard InChI is InChI=1S/C30H41N7O2/c1-30(2,3)23-12-14-36(19-23)29(38)35-27-8-6-5-7-21-17-22(9-10-25(21)27)26-11-13-31-28(34-26)33-24-18-32-37(20-24)15-16-39-4/h9-11,13,17-18,20,23,27H,5-8,12,14-16,19H2,1-4H3,(H,35,38)(H,31,33,34). The SMILES string of the molecule is COCCn1cc(Nc2nccc(-c3ccc4c(c3)CCCCC4NC(=O)N3CCC(C(C)(C)C)C3)n2)cn1. The smallest absolute Gasteiger partial charge is 0.317 e. The molecule has 0 spiro atoms. The fourth-order valence-corrected chi connectivity index (χ4v) is 5.63. The fourth-order valence-electron chi connectivity index (χ4n) is 5.63. The van der Waals surface area contributed by atoms with Gasteiger partial charge in [-0.05, 0) is 60.3 Å². The van der Waals surface area contributed by atoms with Gasteiger partial charge in [0.25, 0.3) is 0 Å². The highest BCUT2D eigenvalue weighted by atomic mass is 16.5. The van der Waals surface area contributed by atoms with Crippen molar-refractivity contribution in [1.82, 2.24) is 30.0 Å². The van der Waals surface area contributed by atoms with Crippen molar-refractivity contribution in [3.05, 3.63) is 54.0 Å². The molecule has 1 aliphatic heterocycles. The number of carbonyl (C=O) groups excluding carboxylic acids is 1. The third-order valence-corrected chi connectivity index (χ3v) is 8.07. The summed E-state index contributed by atoms with van der Waals surface area (Å²) < 4.78 is 6.94. The topological polar surface area (TPSA) is 97.2 Å². The highest BCUT2D eigenvalue weighted by Crippen LogP contribution is 2.35. The summed E-state index contributed by atoms with van der Waals surface area (Å²) in [5.41, 5.74) is 5.48. The van der Waals surface area contributed by atoms with E-state index in [1.807, 2.05) is 21.8 Å². The average molecular weight is 532 g/mol. The van der Waals surface area contributed by atoms with E-state index in [9.17, 15) is 4.79 Å². The molecule has 0 bridgehead atoms. The van der Waals surface area contributed by atoms with Gasteiger partial charge >= 0.3 is 6.03 Å². The molecule has 2 unspecified atom stereocenters. The maximum atomic E-state index is 13.2. The Kier molecular flexibility index (Phi) is 8.16. The Balaban J connectivity index is 1.29. The highest BCUT2D eigenvalue weighted by molar-refractivity contribution is 5.75. The average Bonchev–Trinajstić information content (AvgIpc) is 3.55. The van der Waals surface area contributed by atoms with Crippen LogP contribution in [0.2, 0.25) is 0 Å². The van der Waals surface area contributed by atoms with Crippen molar-refractivity contribution in [2.75, 3.05) is 32.1 Å². The molecule has 3 heterocycles. The van der Waals surface area contributed by atoms with Crippen molar-refractivity contribution in [3.8, 4) is 11.3 Å². The number of rotatable bonds is 7. The molecule has 2 aromatic heterocycles. The number of hydrogen-bond donors (Lipinski definition) is 2. The third kappa shape index (κ3) is 6.58. The zero-order valence-electron chi connectivity index (χ0n) is 23.6. The molecule has 2 atom stereocenters. The van der Waals surface area contributed by atoms with Crippen LogP contribution < -0.4 is 10.6 Å². The summed E-state index contributed by atoms with van der Waals surface area (Å²) in [6, 6.07) is 8.57. The second-order valence-electron chi connectivity index (χ2n) is 11.8. The van der Waals surface area contributed by atoms with Gasteiger partial charge in [-0.15, -0.1) is 0 Å². The first-order valence-corrected chi connectivity index (χ1v) is 14.1. The van der Waals surface area contributed by atoms with Gasteiger partial charge in [-0.1, -0.05) is 39.3 Å². The molecule has 1 aromatic carbocycles. The number of aromatic nitrogens is 4. The van der Waals surface area contributed by atoms with Crippen LogP contribution in [-0.4, -0.2) is 57.5 Å². The van der Waals surface area contributed by atoms with Crippen LogP contribution >= 0.6 is 0 Å². The van der Waals surface area contributed by atoms with E-state index in [4.69, 9.17) is 9.72 Å². The minimum atomic E-state index is 0.0370. The monoisotopic (exact) mass is 531 g/mol. The van der Waals surface area contributed by atoms with Crippen molar-refractivity contribution < 1.29 is 9.53 Å². The Morgan fingerprint density at radius 2 is 2.05 bits per heavy atom. The molecule has 1 saturated heterocycles. The molecule has 2 aliphatic rings. The Hall–Kier alpha value is -3.46. The summed E-state index contributed by atoms with van der Waals surface area (Å²) in [6.45, 7) is 9.78. The van der Waals surface area contributed by atoms with Crippen LogP contribution in [0.3, 0.4) is 0 Å². The van der Waals surface area contributed by atoms with Gasteiger partial charge in [-0.25, -0.2) is 14.8 Å². The van der Waals surface area contributed by atoms with E-state index >= 15 is 0 Å². The lowest BCUT2D eigenvalue weighted by molar-refractivity contribution is 0.183. The predicted molar refractivity (Wildman–Crippen MR) is 153 cm³/mol. The van der Waals surface area contributed by atoms with Crippen molar-refractivity contribution in [3.63, 3.8) is 0 Å². The maximum Gasteiger partial charge on any atom is 0.317 e. The molecular weight excluding hydrogens is 490 g/mol. The summed E-state index contributed by atoms with van der Waals surface area (Å²) in [5.74, 6) is 1.07. The van der Waals surface area contributed by atoms with E-state index in [1.165, 1.54) is 11.1 Å². The molecule has 5 rings (SSSR count). The number of carbonyl (C=O) groups is 1. The number of amides is 2. The number of aryl methyl sites for hydroxylation is 1. The maximum absolute atomic E-state index is 13.2. The first-order chi connectivity index (χ1) is 18.8. The third-order valence-electron chi connectivity index (χ3n) is 8.07. The largest absolute Gasteiger partial charge is 0.383 e. The zero-order valence-corrected chi connectivity index (χ0v) is 23.6. The van der Waals surface area contributed by atoms with Crippen LogP contribution in [0.25, 0.3) is 11.3 Å². The minimum absolute atomic E-state index is 0.0370. The molecule has 1 aliphatic carbocycles. The molecule has 9 heteroatoms. The highest BCUT2D eigenvalue weighted by Gasteiger charge is 2.34. The molecule has 0 saturated carbocycles. The van der Waals surface area contributed by atoms with Gasteiger partial charge in [0, 0.05) is 38.2 Å². The van der Waals surface area contributed by atoms with Crippen LogP contribution in [0.15, 0.2) is 42.9 Å². The van der Waals surface area contributed by atoms with E-state index in [0.29, 0.717) is 25.0 Å². The van der Waals surface area contributed by atoms with Crippen molar-refractivity contribution in [2.24, 2.45) is 11.3 Å². The summed E-state index contributed by atoms with van der Waals surface area (Å²) >= 11 is 0. The van der Waals surface area contributed by atoms with E-state index in [-0.39, 0.29) is 17.5 Å². The van der Waals surface area contributed by atoms with Gasteiger partial charge in [0.15, 0.2) is 0 Å². The van der Waals surface area contributed by atoms with Gasteiger partial charge < -0.3 is 20.3 Å². The van der Waals surface area contributed by atoms with E-state index in [1.54, 1.807) is 19.5 Å². The van der Waals surface area contributed by atoms with E-state index in [0.717, 1.165) is 62.1 Å².